The Bertz CT molecular complexity index is 1310. The summed E-state index contributed by atoms with van der Waals surface area (Å²) in [5.41, 5.74) is -0.226. The number of benzene rings is 2. The number of alkyl halides is 3. The highest BCUT2D eigenvalue weighted by Crippen LogP contribution is 2.35. The Morgan fingerprint density at radius 2 is 1.77 bits per heavy atom. The van der Waals surface area contributed by atoms with Crippen LogP contribution in [0.3, 0.4) is 0 Å². The lowest BCUT2D eigenvalue weighted by Gasteiger charge is -2.17. The second-order valence-electron chi connectivity index (χ2n) is 6.86. The number of halogens is 3. The molecule has 1 N–H and O–H groups in total. The van der Waals surface area contributed by atoms with Crippen molar-refractivity contribution in [2.24, 2.45) is 0 Å². The molecule has 1 atom stereocenters. The average Bonchev–Trinajstić information content (AvgIpc) is 3.19. The summed E-state index contributed by atoms with van der Waals surface area (Å²) in [4.78, 5) is 30.7. The second kappa shape index (κ2) is 7.99. The summed E-state index contributed by atoms with van der Waals surface area (Å²) in [7, 11) is 0. The number of rotatable bonds is 4. The van der Waals surface area contributed by atoms with E-state index in [-0.39, 0.29) is 5.69 Å². The number of fused-ring (bicyclic) bond motifs is 1. The summed E-state index contributed by atoms with van der Waals surface area (Å²) in [5.74, 6) is -0.753. The lowest BCUT2D eigenvalue weighted by atomic mass is 10.1. The summed E-state index contributed by atoms with van der Waals surface area (Å²) >= 11 is 1.31. The second-order valence-corrected chi connectivity index (χ2v) is 7.72. The molecule has 1 amide bonds. The number of amides is 1. The lowest BCUT2D eigenvalue weighted by molar-refractivity contribution is -0.137. The smallest absolute Gasteiger partial charge is 0.324 e. The predicted molar refractivity (Wildman–Crippen MR) is 114 cm³/mol. The van der Waals surface area contributed by atoms with Crippen molar-refractivity contribution in [3.63, 3.8) is 0 Å². The zero-order valence-corrected chi connectivity index (χ0v) is 17.0. The highest BCUT2D eigenvalue weighted by atomic mass is 32.1. The van der Waals surface area contributed by atoms with Gasteiger partial charge in [-0.1, -0.05) is 42.5 Å². The van der Waals surface area contributed by atoms with Crippen LogP contribution < -0.4 is 10.9 Å². The molecule has 4 rings (SSSR count). The number of aromatic nitrogens is 2. The number of nitrogens with one attached hydrogen (secondary N) is 1. The fourth-order valence-corrected chi connectivity index (χ4v) is 4.16. The summed E-state index contributed by atoms with van der Waals surface area (Å²) in [5, 5.41) is 4.48. The molecule has 9 heteroatoms. The van der Waals surface area contributed by atoms with E-state index < -0.39 is 29.2 Å². The molecule has 0 bridgehead atoms. The van der Waals surface area contributed by atoms with Crippen LogP contribution in [0, 0.1) is 0 Å². The number of carbonyl (C=O) groups excluding carboxylic acids is 1. The molecule has 0 aliphatic heterocycles. The Kier molecular flexibility index (Phi) is 5.36. The van der Waals surface area contributed by atoms with Crippen molar-refractivity contribution in [2.75, 3.05) is 5.32 Å². The first-order chi connectivity index (χ1) is 14.8. The SMILES string of the molecule is CC(C(=O)Nc1ccccc1C(F)(F)F)n1cnc2scc(-c3ccccc3)c2c1=O. The van der Waals surface area contributed by atoms with Crippen LogP contribution in [0.5, 0.6) is 0 Å². The Hall–Kier alpha value is -3.46. The van der Waals surface area contributed by atoms with Crippen LogP contribution in [0.2, 0.25) is 0 Å². The molecule has 0 aliphatic rings. The van der Waals surface area contributed by atoms with E-state index in [4.69, 9.17) is 0 Å². The van der Waals surface area contributed by atoms with Gasteiger partial charge >= 0.3 is 6.18 Å². The van der Waals surface area contributed by atoms with Crippen molar-refractivity contribution in [1.29, 1.82) is 0 Å². The van der Waals surface area contributed by atoms with E-state index in [1.165, 1.54) is 42.8 Å². The molecule has 0 radical (unpaired) electrons. The van der Waals surface area contributed by atoms with E-state index in [0.29, 0.717) is 15.8 Å². The average molecular weight is 443 g/mol. The number of carbonyl (C=O) groups is 1. The van der Waals surface area contributed by atoms with Crippen molar-refractivity contribution in [1.82, 2.24) is 9.55 Å². The number of para-hydroxylation sites is 1. The van der Waals surface area contributed by atoms with Gasteiger partial charge in [0.15, 0.2) is 0 Å². The molecule has 5 nitrogen and oxygen atoms in total. The molecule has 0 saturated heterocycles. The summed E-state index contributed by atoms with van der Waals surface area (Å²) in [6.07, 6.45) is -3.37. The summed E-state index contributed by atoms with van der Waals surface area (Å²) < 4.78 is 40.8. The first-order valence-corrected chi connectivity index (χ1v) is 10.2. The number of anilines is 1. The van der Waals surface area contributed by atoms with Crippen molar-refractivity contribution >= 4 is 33.1 Å². The minimum Gasteiger partial charge on any atom is -0.324 e. The van der Waals surface area contributed by atoms with Crippen LogP contribution in [0.25, 0.3) is 21.3 Å². The van der Waals surface area contributed by atoms with Gasteiger partial charge in [-0.2, -0.15) is 13.2 Å². The molecular formula is C22H16F3N3O2S. The Labute approximate surface area is 178 Å². The molecule has 1 unspecified atom stereocenters. The zero-order chi connectivity index (χ0) is 22.2. The summed E-state index contributed by atoms with van der Waals surface area (Å²) in [6.45, 7) is 1.44. The molecule has 0 aliphatic carbocycles. The Morgan fingerprint density at radius 1 is 1.10 bits per heavy atom. The third-order valence-electron chi connectivity index (χ3n) is 4.89. The number of nitrogens with zero attached hydrogens (tertiary/aromatic N) is 2. The number of hydrogen-bond donors (Lipinski definition) is 1. The quantitative estimate of drug-likeness (QED) is 0.463. The molecule has 158 valence electrons. The molecule has 2 heterocycles. The van der Waals surface area contributed by atoms with E-state index in [1.807, 2.05) is 35.7 Å². The highest BCUT2D eigenvalue weighted by Gasteiger charge is 2.34. The highest BCUT2D eigenvalue weighted by molar-refractivity contribution is 7.17. The molecule has 2 aromatic carbocycles. The Morgan fingerprint density at radius 3 is 2.48 bits per heavy atom. The van der Waals surface area contributed by atoms with Gasteiger partial charge in [0, 0.05) is 10.9 Å². The van der Waals surface area contributed by atoms with Crippen LogP contribution in [0.4, 0.5) is 18.9 Å². The third-order valence-corrected chi connectivity index (χ3v) is 5.78. The monoisotopic (exact) mass is 443 g/mol. The van der Waals surface area contributed by atoms with Crippen molar-refractivity contribution in [2.45, 2.75) is 19.1 Å². The van der Waals surface area contributed by atoms with E-state index in [2.05, 4.69) is 10.3 Å². The van der Waals surface area contributed by atoms with Gasteiger partial charge in [-0.3, -0.25) is 14.2 Å². The van der Waals surface area contributed by atoms with E-state index in [1.54, 1.807) is 0 Å². The fourth-order valence-electron chi connectivity index (χ4n) is 3.25. The van der Waals surface area contributed by atoms with E-state index in [0.717, 1.165) is 16.2 Å². The van der Waals surface area contributed by atoms with Gasteiger partial charge in [0.25, 0.3) is 5.56 Å². The Balaban J connectivity index is 1.71. The molecule has 4 aromatic rings. The van der Waals surface area contributed by atoms with Crippen LogP contribution >= 0.6 is 11.3 Å². The molecular weight excluding hydrogens is 427 g/mol. The van der Waals surface area contributed by atoms with Crippen molar-refractivity contribution in [3.8, 4) is 11.1 Å². The van der Waals surface area contributed by atoms with Gasteiger partial charge < -0.3 is 5.32 Å². The first kappa shape index (κ1) is 20.8. The minimum absolute atomic E-state index is 0.366. The number of thiophene rings is 1. The maximum absolute atomic E-state index is 13.2. The fraction of sp³-hybridized carbons (Fsp3) is 0.136. The van der Waals surface area contributed by atoms with Gasteiger partial charge in [-0.15, -0.1) is 11.3 Å². The first-order valence-electron chi connectivity index (χ1n) is 9.28. The zero-order valence-electron chi connectivity index (χ0n) is 16.2. The van der Waals surface area contributed by atoms with Gasteiger partial charge in [-0.05, 0) is 24.6 Å². The largest absolute Gasteiger partial charge is 0.418 e. The van der Waals surface area contributed by atoms with Crippen LogP contribution in [0.15, 0.2) is 71.1 Å². The van der Waals surface area contributed by atoms with Gasteiger partial charge in [0.1, 0.15) is 10.9 Å². The van der Waals surface area contributed by atoms with Crippen LogP contribution in [-0.2, 0) is 11.0 Å². The molecule has 31 heavy (non-hydrogen) atoms. The third kappa shape index (κ3) is 3.96. The molecule has 2 aromatic heterocycles. The topological polar surface area (TPSA) is 64.0 Å². The summed E-state index contributed by atoms with van der Waals surface area (Å²) in [6, 6.07) is 12.9. The maximum Gasteiger partial charge on any atom is 0.418 e. The van der Waals surface area contributed by atoms with E-state index in [9.17, 15) is 22.8 Å². The maximum atomic E-state index is 13.2. The molecule has 0 fully saturated rings. The van der Waals surface area contributed by atoms with Gasteiger partial charge in [0.05, 0.1) is 23.0 Å². The standard InChI is InChI=1S/C22H16F3N3O2S/c1-13(19(29)27-17-10-6-5-9-16(17)22(23,24)25)28-12-26-20-18(21(28)30)15(11-31-20)14-7-3-2-4-8-14/h2-13H,1H3,(H,27,29). The van der Waals surface area contributed by atoms with Crippen molar-refractivity contribution < 1.29 is 18.0 Å². The minimum atomic E-state index is -4.62. The van der Waals surface area contributed by atoms with Gasteiger partial charge in [0.2, 0.25) is 5.91 Å². The number of hydrogen-bond acceptors (Lipinski definition) is 4. The van der Waals surface area contributed by atoms with Crippen molar-refractivity contribution in [3.05, 3.63) is 82.2 Å². The van der Waals surface area contributed by atoms with Crippen LogP contribution in [0.1, 0.15) is 18.5 Å². The predicted octanol–water partition coefficient (Wildman–Crippen LogP) is 5.34. The van der Waals surface area contributed by atoms with Gasteiger partial charge in [-0.25, -0.2) is 4.98 Å². The molecule has 0 saturated carbocycles. The lowest BCUT2D eigenvalue weighted by Crippen LogP contribution is -2.32. The van der Waals surface area contributed by atoms with E-state index >= 15 is 0 Å². The van der Waals surface area contributed by atoms with Crippen LogP contribution in [-0.4, -0.2) is 15.5 Å². The molecule has 0 spiro atoms. The normalized spacial score (nSPS) is 12.6.